The van der Waals surface area contributed by atoms with E-state index in [1.165, 1.54) is 18.4 Å². The minimum atomic E-state index is -1.20. The molecule has 6 heteroatoms. The van der Waals surface area contributed by atoms with Crippen molar-refractivity contribution in [2.24, 2.45) is 5.73 Å². The highest BCUT2D eigenvalue weighted by Gasteiger charge is 2.28. The van der Waals surface area contributed by atoms with Crippen LogP contribution in [0.1, 0.15) is 10.4 Å². The Morgan fingerprint density at radius 2 is 2.00 bits per heavy atom. The van der Waals surface area contributed by atoms with E-state index in [1.54, 1.807) is 24.3 Å². The van der Waals surface area contributed by atoms with Crippen LogP contribution >= 0.6 is 15.9 Å². The fourth-order valence-electron chi connectivity index (χ4n) is 1.77. The number of hydrogen-bond acceptors (Lipinski definition) is 3. The predicted molar refractivity (Wildman–Crippen MR) is 73.5 cm³/mol. The number of rotatable bonds is 2. The van der Waals surface area contributed by atoms with Crippen LogP contribution in [0.15, 0.2) is 52.7 Å². The topological polar surface area (TPSA) is 83.6 Å². The van der Waals surface area contributed by atoms with Crippen molar-refractivity contribution >= 4 is 27.8 Å². The summed E-state index contributed by atoms with van der Waals surface area (Å²) in [5.41, 5.74) is 6.48. The maximum atomic E-state index is 12.4. The lowest BCUT2D eigenvalue weighted by atomic mass is 9.99. The Hall–Kier alpha value is -1.92. The molecule has 1 aliphatic rings. The molecule has 98 valence electrons. The average molecular weight is 323 g/mol. The number of benzene rings is 1. The van der Waals surface area contributed by atoms with Crippen LogP contribution in [0.4, 0.5) is 4.79 Å². The van der Waals surface area contributed by atoms with Crippen LogP contribution < -0.4 is 5.73 Å². The van der Waals surface area contributed by atoms with Crippen molar-refractivity contribution in [1.82, 2.24) is 4.90 Å². The number of ketones is 1. The van der Waals surface area contributed by atoms with E-state index in [2.05, 4.69) is 15.9 Å². The highest BCUT2D eigenvalue weighted by Crippen LogP contribution is 2.23. The van der Waals surface area contributed by atoms with E-state index in [9.17, 15) is 9.59 Å². The molecule has 0 radical (unpaired) electrons. The Balaban J connectivity index is 2.35. The van der Waals surface area contributed by atoms with Gasteiger partial charge in [-0.15, -0.1) is 0 Å². The fraction of sp³-hybridized carbons (Fsp3) is 0.0769. The number of amides is 1. The lowest BCUT2D eigenvalue weighted by Gasteiger charge is -2.26. The second-order valence-electron chi connectivity index (χ2n) is 3.91. The van der Waals surface area contributed by atoms with Gasteiger partial charge in [0.1, 0.15) is 6.17 Å². The number of halogens is 1. The van der Waals surface area contributed by atoms with Gasteiger partial charge in [0.25, 0.3) is 0 Å². The van der Waals surface area contributed by atoms with Crippen molar-refractivity contribution in [3.05, 3.63) is 58.2 Å². The Labute approximate surface area is 118 Å². The molecule has 0 spiro atoms. The molecule has 19 heavy (non-hydrogen) atoms. The summed E-state index contributed by atoms with van der Waals surface area (Å²) < 4.78 is 0.643. The number of carbonyl (C=O) groups is 2. The first-order chi connectivity index (χ1) is 9.02. The van der Waals surface area contributed by atoms with Crippen LogP contribution in [0.5, 0.6) is 0 Å². The largest absolute Gasteiger partial charge is 0.465 e. The number of allylic oxidation sites excluding steroid dienone is 2. The summed E-state index contributed by atoms with van der Waals surface area (Å²) in [6.45, 7) is 0. The van der Waals surface area contributed by atoms with Gasteiger partial charge in [0, 0.05) is 21.8 Å². The van der Waals surface area contributed by atoms with Gasteiger partial charge in [0.15, 0.2) is 5.78 Å². The van der Waals surface area contributed by atoms with Crippen molar-refractivity contribution in [1.29, 1.82) is 0 Å². The van der Waals surface area contributed by atoms with E-state index in [0.29, 0.717) is 10.0 Å². The first-order valence-corrected chi connectivity index (χ1v) is 6.26. The summed E-state index contributed by atoms with van der Waals surface area (Å²) >= 11 is 3.29. The molecule has 0 bridgehead atoms. The molecule has 1 aromatic rings. The highest BCUT2D eigenvalue weighted by molar-refractivity contribution is 9.10. The van der Waals surface area contributed by atoms with Crippen molar-refractivity contribution in [3.8, 4) is 0 Å². The SMILES string of the molecule is NC1C(C(=O)c2ccccc2Br)=CC=CN1C(=O)O. The van der Waals surface area contributed by atoms with Crippen LogP contribution in [0.3, 0.4) is 0 Å². The summed E-state index contributed by atoms with van der Waals surface area (Å²) in [6.07, 6.45) is 2.15. The van der Waals surface area contributed by atoms with E-state index in [0.717, 1.165) is 4.90 Å². The fourth-order valence-corrected chi connectivity index (χ4v) is 2.24. The van der Waals surface area contributed by atoms with E-state index in [4.69, 9.17) is 10.8 Å². The Kier molecular flexibility index (Phi) is 3.82. The van der Waals surface area contributed by atoms with Crippen LogP contribution in [-0.4, -0.2) is 28.0 Å². The highest BCUT2D eigenvalue weighted by atomic mass is 79.9. The molecule has 0 saturated carbocycles. The first-order valence-electron chi connectivity index (χ1n) is 5.47. The quantitative estimate of drug-likeness (QED) is 0.818. The van der Waals surface area contributed by atoms with Gasteiger partial charge in [-0.25, -0.2) is 4.79 Å². The second kappa shape index (κ2) is 5.38. The van der Waals surface area contributed by atoms with Gasteiger partial charge in [0.05, 0.1) is 0 Å². The molecule has 0 aromatic heterocycles. The Morgan fingerprint density at radius 1 is 1.32 bits per heavy atom. The zero-order valence-electron chi connectivity index (χ0n) is 9.79. The van der Waals surface area contributed by atoms with E-state index >= 15 is 0 Å². The molecule has 2 rings (SSSR count). The number of carbonyl (C=O) groups excluding carboxylic acids is 1. The minimum Gasteiger partial charge on any atom is -0.465 e. The Morgan fingerprint density at radius 3 is 2.63 bits per heavy atom. The monoisotopic (exact) mass is 322 g/mol. The standard InChI is InChI=1S/C13H11BrN2O3/c14-10-6-2-1-4-8(10)11(17)9-5-3-7-16(12(9)15)13(18)19/h1-7,12H,15H2,(H,18,19). The second-order valence-corrected chi connectivity index (χ2v) is 4.76. The summed E-state index contributed by atoms with van der Waals surface area (Å²) in [4.78, 5) is 24.2. The molecule has 5 nitrogen and oxygen atoms in total. The molecule has 0 aliphatic carbocycles. The van der Waals surface area contributed by atoms with Gasteiger partial charge in [0.2, 0.25) is 0 Å². The van der Waals surface area contributed by atoms with Crippen molar-refractivity contribution in [2.45, 2.75) is 6.17 Å². The summed E-state index contributed by atoms with van der Waals surface area (Å²) in [7, 11) is 0. The number of carboxylic acid groups (broad SMARTS) is 1. The van der Waals surface area contributed by atoms with E-state index in [1.807, 2.05) is 0 Å². The summed E-state index contributed by atoms with van der Waals surface area (Å²) in [5, 5.41) is 8.98. The third kappa shape index (κ3) is 2.59. The number of hydrogen-bond donors (Lipinski definition) is 2. The normalized spacial score (nSPS) is 18.1. The molecule has 1 aromatic carbocycles. The van der Waals surface area contributed by atoms with Gasteiger partial charge in [-0.1, -0.05) is 34.1 Å². The van der Waals surface area contributed by atoms with Crippen molar-refractivity contribution < 1.29 is 14.7 Å². The number of Topliss-reactive ketones (excluding diaryl/α,β-unsaturated/α-hetero) is 1. The molecule has 0 fully saturated rings. The Bertz CT molecular complexity index is 595. The van der Waals surface area contributed by atoms with Crippen LogP contribution in [-0.2, 0) is 0 Å². The molecule has 1 atom stereocenters. The summed E-state index contributed by atoms with van der Waals surface area (Å²) in [6, 6.07) is 6.92. The van der Waals surface area contributed by atoms with Gasteiger partial charge < -0.3 is 10.8 Å². The predicted octanol–water partition coefficient (Wildman–Crippen LogP) is 2.35. The first kappa shape index (κ1) is 13.5. The molecule has 1 unspecified atom stereocenters. The van der Waals surface area contributed by atoms with Crippen molar-refractivity contribution in [3.63, 3.8) is 0 Å². The maximum absolute atomic E-state index is 12.4. The van der Waals surface area contributed by atoms with Crippen molar-refractivity contribution in [2.75, 3.05) is 0 Å². The zero-order valence-corrected chi connectivity index (χ0v) is 11.4. The van der Waals surface area contributed by atoms with Gasteiger partial charge in [-0.3, -0.25) is 9.69 Å². The molecular weight excluding hydrogens is 312 g/mol. The number of nitrogens with zero attached hydrogens (tertiary/aromatic N) is 1. The molecule has 3 N–H and O–H groups in total. The van der Waals surface area contributed by atoms with Gasteiger partial charge >= 0.3 is 6.09 Å². The zero-order chi connectivity index (χ0) is 14.0. The van der Waals surface area contributed by atoms with Gasteiger partial charge in [-0.2, -0.15) is 0 Å². The molecule has 1 heterocycles. The minimum absolute atomic E-state index is 0.233. The smallest absolute Gasteiger partial charge is 0.412 e. The number of nitrogens with two attached hydrogens (primary N) is 1. The molecule has 1 aliphatic heterocycles. The third-order valence-electron chi connectivity index (χ3n) is 2.74. The van der Waals surface area contributed by atoms with Crippen LogP contribution in [0.25, 0.3) is 0 Å². The molecule has 0 saturated heterocycles. The third-order valence-corrected chi connectivity index (χ3v) is 3.43. The summed E-state index contributed by atoms with van der Waals surface area (Å²) in [5.74, 6) is -0.296. The molecular formula is C13H11BrN2O3. The molecule has 1 amide bonds. The maximum Gasteiger partial charge on any atom is 0.412 e. The average Bonchev–Trinajstić information content (AvgIpc) is 2.38. The van der Waals surface area contributed by atoms with Crippen LogP contribution in [0.2, 0.25) is 0 Å². The van der Waals surface area contributed by atoms with E-state index in [-0.39, 0.29) is 11.4 Å². The van der Waals surface area contributed by atoms with Gasteiger partial charge in [-0.05, 0) is 18.2 Å². The van der Waals surface area contributed by atoms with E-state index < -0.39 is 12.3 Å². The lowest BCUT2D eigenvalue weighted by molar-refractivity contribution is 0.101. The van der Waals surface area contributed by atoms with Crippen LogP contribution in [0, 0.1) is 0 Å². The lowest BCUT2D eigenvalue weighted by Crippen LogP contribution is -2.46.